The minimum absolute atomic E-state index is 0.0556. The summed E-state index contributed by atoms with van der Waals surface area (Å²) in [6, 6.07) is 10.6. The minimum atomic E-state index is 0.0556. The van der Waals surface area contributed by atoms with Crippen molar-refractivity contribution in [1.82, 2.24) is 9.80 Å². The van der Waals surface area contributed by atoms with Crippen molar-refractivity contribution in [2.45, 2.75) is 19.4 Å². The first-order chi connectivity index (χ1) is 12.3. The van der Waals surface area contributed by atoms with Gasteiger partial charge in [0.1, 0.15) is 6.61 Å². The van der Waals surface area contributed by atoms with Crippen LogP contribution in [0.4, 0.5) is 0 Å². The first kappa shape index (κ1) is 17.0. The van der Waals surface area contributed by atoms with Crippen molar-refractivity contribution in [2.24, 2.45) is 11.3 Å². The van der Waals surface area contributed by atoms with Gasteiger partial charge in [0.05, 0.1) is 19.8 Å². The zero-order valence-corrected chi connectivity index (χ0v) is 14.9. The number of carbonyl (C=O) groups excluding carboxylic acids is 1. The fourth-order valence-electron chi connectivity index (χ4n) is 4.51. The molecular formula is C20H28N2O3. The second-order valence-corrected chi connectivity index (χ2v) is 7.81. The summed E-state index contributed by atoms with van der Waals surface area (Å²) < 4.78 is 11.7. The topological polar surface area (TPSA) is 42.0 Å². The predicted octanol–water partition coefficient (Wildman–Crippen LogP) is 1.77. The van der Waals surface area contributed by atoms with Crippen molar-refractivity contribution in [1.29, 1.82) is 0 Å². The van der Waals surface area contributed by atoms with Crippen LogP contribution in [0.5, 0.6) is 0 Å². The molecule has 0 radical (unpaired) electrons. The summed E-state index contributed by atoms with van der Waals surface area (Å²) >= 11 is 0. The van der Waals surface area contributed by atoms with Crippen LogP contribution in [0.25, 0.3) is 0 Å². The quantitative estimate of drug-likeness (QED) is 0.789. The Kier molecular flexibility index (Phi) is 5.06. The molecule has 3 heterocycles. The maximum absolute atomic E-state index is 12.2. The molecule has 1 aromatic carbocycles. The smallest absolute Gasteiger partial charge is 0.248 e. The number of fused-ring (bicyclic) bond motifs is 1. The van der Waals surface area contributed by atoms with Gasteiger partial charge in [0, 0.05) is 44.1 Å². The first-order valence-corrected chi connectivity index (χ1v) is 9.45. The number of nitrogens with zero attached hydrogens (tertiary/aromatic N) is 2. The molecule has 3 aliphatic heterocycles. The van der Waals surface area contributed by atoms with Crippen molar-refractivity contribution >= 4 is 5.91 Å². The van der Waals surface area contributed by atoms with Crippen LogP contribution in [0.1, 0.15) is 18.4 Å². The summed E-state index contributed by atoms with van der Waals surface area (Å²) in [5.74, 6) is 0.654. The molecule has 1 aromatic rings. The molecule has 5 heteroatoms. The lowest BCUT2D eigenvalue weighted by Crippen LogP contribution is -2.38. The van der Waals surface area contributed by atoms with Crippen molar-refractivity contribution in [3.63, 3.8) is 0 Å². The molecule has 5 nitrogen and oxygen atoms in total. The molecule has 0 aliphatic carbocycles. The first-order valence-electron chi connectivity index (χ1n) is 9.45. The van der Waals surface area contributed by atoms with Crippen molar-refractivity contribution < 1.29 is 14.3 Å². The molecule has 0 N–H and O–H groups in total. The van der Waals surface area contributed by atoms with Crippen molar-refractivity contribution in [3.8, 4) is 0 Å². The van der Waals surface area contributed by atoms with Gasteiger partial charge in [0.2, 0.25) is 5.91 Å². The van der Waals surface area contributed by atoms with Crippen LogP contribution in [-0.4, -0.2) is 68.3 Å². The molecule has 0 unspecified atom stereocenters. The molecule has 0 bridgehead atoms. The van der Waals surface area contributed by atoms with Gasteiger partial charge in [-0.1, -0.05) is 30.3 Å². The lowest BCUT2D eigenvalue weighted by Gasteiger charge is -2.27. The predicted molar refractivity (Wildman–Crippen MR) is 95.1 cm³/mol. The zero-order valence-electron chi connectivity index (χ0n) is 14.9. The van der Waals surface area contributed by atoms with E-state index in [2.05, 4.69) is 35.2 Å². The Hall–Kier alpha value is -1.43. The number of amides is 1. The summed E-state index contributed by atoms with van der Waals surface area (Å²) in [5.41, 5.74) is 1.41. The number of likely N-dealkylation sites (tertiary alicyclic amines) is 2. The van der Waals surface area contributed by atoms with Gasteiger partial charge in [-0.05, 0) is 18.4 Å². The van der Waals surface area contributed by atoms with E-state index in [9.17, 15) is 4.79 Å². The number of hydrogen-bond acceptors (Lipinski definition) is 4. The third kappa shape index (κ3) is 3.73. The van der Waals surface area contributed by atoms with Gasteiger partial charge >= 0.3 is 0 Å². The van der Waals surface area contributed by atoms with Gasteiger partial charge in [-0.2, -0.15) is 0 Å². The fourth-order valence-corrected chi connectivity index (χ4v) is 4.51. The molecule has 4 rings (SSSR count). The Bertz CT molecular complexity index is 588. The molecule has 3 aliphatic rings. The highest BCUT2D eigenvalue weighted by atomic mass is 16.5. The summed E-state index contributed by atoms with van der Waals surface area (Å²) in [4.78, 5) is 16.6. The van der Waals surface area contributed by atoms with E-state index in [4.69, 9.17) is 9.47 Å². The third-order valence-electron chi connectivity index (χ3n) is 5.91. The van der Waals surface area contributed by atoms with E-state index in [1.807, 2.05) is 4.90 Å². The Balaban J connectivity index is 1.31. The molecule has 1 amide bonds. The van der Waals surface area contributed by atoms with Crippen LogP contribution >= 0.6 is 0 Å². The number of benzene rings is 1. The normalized spacial score (nSPS) is 29.3. The van der Waals surface area contributed by atoms with E-state index >= 15 is 0 Å². The van der Waals surface area contributed by atoms with Crippen LogP contribution in [0.15, 0.2) is 30.3 Å². The standard InChI is InChI=1S/C20H28N2O3/c23-19(22-8-4-5-9-22)13-25-16-20-14-21(11-18(20)12-24-15-20)10-17-6-2-1-3-7-17/h1-3,6-7,18H,4-5,8-16H2/t18-,20+/m1/s1. The average Bonchev–Trinajstić information content (AvgIpc) is 3.31. The highest BCUT2D eigenvalue weighted by molar-refractivity contribution is 5.77. The van der Waals surface area contributed by atoms with E-state index in [1.54, 1.807) is 0 Å². The summed E-state index contributed by atoms with van der Waals surface area (Å²) in [7, 11) is 0. The Morgan fingerprint density at radius 1 is 1.24 bits per heavy atom. The zero-order chi connectivity index (χ0) is 17.1. The van der Waals surface area contributed by atoms with Crippen LogP contribution in [-0.2, 0) is 20.8 Å². The van der Waals surface area contributed by atoms with Gasteiger partial charge in [-0.3, -0.25) is 9.69 Å². The third-order valence-corrected chi connectivity index (χ3v) is 5.91. The highest BCUT2D eigenvalue weighted by Crippen LogP contribution is 2.42. The Morgan fingerprint density at radius 3 is 2.84 bits per heavy atom. The highest BCUT2D eigenvalue weighted by Gasteiger charge is 2.50. The number of rotatable bonds is 6. The Morgan fingerprint density at radius 2 is 2.04 bits per heavy atom. The summed E-state index contributed by atoms with van der Waals surface area (Å²) in [6.07, 6.45) is 2.25. The minimum Gasteiger partial charge on any atom is -0.380 e. The number of ether oxygens (including phenoxy) is 2. The lowest BCUT2D eigenvalue weighted by atomic mass is 9.82. The molecule has 3 saturated heterocycles. The molecule has 0 saturated carbocycles. The lowest BCUT2D eigenvalue weighted by molar-refractivity contribution is -0.136. The van der Waals surface area contributed by atoms with E-state index in [1.165, 1.54) is 5.56 Å². The van der Waals surface area contributed by atoms with Crippen molar-refractivity contribution in [2.75, 3.05) is 52.6 Å². The Labute approximate surface area is 149 Å². The second kappa shape index (κ2) is 7.44. The van der Waals surface area contributed by atoms with Gasteiger partial charge in [-0.15, -0.1) is 0 Å². The van der Waals surface area contributed by atoms with E-state index in [-0.39, 0.29) is 17.9 Å². The monoisotopic (exact) mass is 344 g/mol. The molecular weight excluding hydrogens is 316 g/mol. The van der Waals surface area contributed by atoms with Gasteiger partial charge in [0.25, 0.3) is 0 Å². The summed E-state index contributed by atoms with van der Waals surface area (Å²) in [6.45, 7) is 7.22. The SMILES string of the molecule is O=C(COC[C@]12COC[C@H]1CN(Cc1ccccc1)C2)N1CCCC1. The average molecular weight is 344 g/mol. The molecule has 0 spiro atoms. The largest absolute Gasteiger partial charge is 0.380 e. The maximum atomic E-state index is 12.2. The van der Waals surface area contributed by atoms with Crippen LogP contribution in [0, 0.1) is 11.3 Å². The number of carbonyl (C=O) groups is 1. The van der Waals surface area contributed by atoms with Crippen LogP contribution in [0.3, 0.4) is 0 Å². The van der Waals surface area contributed by atoms with Crippen molar-refractivity contribution in [3.05, 3.63) is 35.9 Å². The van der Waals surface area contributed by atoms with Gasteiger partial charge in [0.15, 0.2) is 0 Å². The van der Waals surface area contributed by atoms with Gasteiger partial charge < -0.3 is 14.4 Å². The molecule has 2 atom stereocenters. The van der Waals surface area contributed by atoms with E-state index in [0.29, 0.717) is 12.5 Å². The fraction of sp³-hybridized carbons (Fsp3) is 0.650. The molecule has 3 fully saturated rings. The van der Waals surface area contributed by atoms with Crippen LogP contribution < -0.4 is 0 Å². The molecule has 136 valence electrons. The molecule has 25 heavy (non-hydrogen) atoms. The van der Waals surface area contributed by atoms with E-state index in [0.717, 1.165) is 58.8 Å². The van der Waals surface area contributed by atoms with Gasteiger partial charge in [-0.25, -0.2) is 0 Å². The summed E-state index contributed by atoms with van der Waals surface area (Å²) in [5, 5.41) is 0. The second-order valence-electron chi connectivity index (χ2n) is 7.81. The van der Waals surface area contributed by atoms with E-state index < -0.39 is 0 Å². The number of hydrogen-bond donors (Lipinski definition) is 0. The maximum Gasteiger partial charge on any atom is 0.248 e. The molecule has 0 aromatic heterocycles. The van der Waals surface area contributed by atoms with Crippen LogP contribution in [0.2, 0.25) is 0 Å².